The Morgan fingerprint density at radius 3 is 2.52 bits per heavy atom. The van der Waals surface area contributed by atoms with Crippen LogP contribution in [0.15, 0.2) is 72.8 Å². The molecule has 1 aliphatic rings. The summed E-state index contributed by atoms with van der Waals surface area (Å²) in [6.07, 6.45) is 1.50. The van der Waals surface area contributed by atoms with E-state index in [9.17, 15) is 19.1 Å². The molecule has 1 N–H and O–H groups in total. The predicted molar refractivity (Wildman–Crippen MR) is 123 cm³/mol. The predicted octanol–water partition coefficient (Wildman–Crippen LogP) is 4.53. The quantitative estimate of drug-likeness (QED) is 0.551. The Morgan fingerprint density at radius 1 is 1.06 bits per heavy atom. The van der Waals surface area contributed by atoms with E-state index < -0.39 is 11.6 Å². The van der Waals surface area contributed by atoms with Gasteiger partial charge in [-0.05, 0) is 54.3 Å². The highest BCUT2D eigenvalue weighted by molar-refractivity contribution is 5.96. The fourth-order valence-electron chi connectivity index (χ4n) is 4.30. The average Bonchev–Trinajstić information content (AvgIpc) is 3.13. The van der Waals surface area contributed by atoms with E-state index in [-0.39, 0.29) is 18.3 Å². The summed E-state index contributed by atoms with van der Waals surface area (Å²) >= 11 is 0. The van der Waals surface area contributed by atoms with Crippen LogP contribution in [0.5, 0.6) is 5.75 Å². The number of hydrogen-bond acceptors (Lipinski definition) is 3. The number of fused-ring (bicyclic) bond motifs is 1. The van der Waals surface area contributed by atoms with Gasteiger partial charge in [0.2, 0.25) is 0 Å². The third-order valence-corrected chi connectivity index (χ3v) is 5.88. The first-order valence-corrected chi connectivity index (χ1v) is 10.9. The Bertz CT molecular complexity index is 1160. The van der Waals surface area contributed by atoms with E-state index in [1.807, 2.05) is 37.3 Å². The van der Waals surface area contributed by atoms with Crippen molar-refractivity contribution in [1.29, 1.82) is 0 Å². The third kappa shape index (κ3) is 5.40. The Balaban J connectivity index is 1.49. The molecule has 0 fully saturated rings. The van der Waals surface area contributed by atoms with E-state index in [4.69, 9.17) is 4.74 Å². The Labute approximate surface area is 192 Å². The maximum Gasteiger partial charge on any atom is 0.323 e. The van der Waals surface area contributed by atoms with E-state index in [2.05, 4.69) is 0 Å². The van der Waals surface area contributed by atoms with Crippen LogP contribution in [-0.2, 0) is 24.1 Å². The molecular formula is C27H26FNO4. The summed E-state index contributed by atoms with van der Waals surface area (Å²) in [7, 11) is 0. The van der Waals surface area contributed by atoms with Gasteiger partial charge < -0.3 is 14.7 Å². The van der Waals surface area contributed by atoms with E-state index in [0.29, 0.717) is 42.7 Å². The van der Waals surface area contributed by atoms with Crippen molar-refractivity contribution in [3.05, 3.63) is 101 Å². The van der Waals surface area contributed by atoms with Gasteiger partial charge in [-0.15, -0.1) is 0 Å². The van der Waals surface area contributed by atoms with Gasteiger partial charge in [0, 0.05) is 24.9 Å². The minimum atomic E-state index is -1.06. The van der Waals surface area contributed by atoms with Gasteiger partial charge in [0.05, 0.1) is 0 Å². The first kappa shape index (κ1) is 22.5. The van der Waals surface area contributed by atoms with Crippen LogP contribution >= 0.6 is 0 Å². The Hall–Kier alpha value is -3.67. The Kier molecular flexibility index (Phi) is 6.45. The van der Waals surface area contributed by atoms with Crippen LogP contribution in [-0.4, -0.2) is 40.6 Å². The highest BCUT2D eigenvalue weighted by atomic mass is 19.1. The molecule has 0 spiro atoms. The van der Waals surface area contributed by atoms with E-state index in [0.717, 1.165) is 11.1 Å². The summed E-state index contributed by atoms with van der Waals surface area (Å²) in [6.45, 7) is 1.86. The lowest BCUT2D eigenvalue weighted by Crippen LogP contribution is -2.37. The molecular weight excluding hydrogens is 421 g/mol. The number of hydrogen-bond donors (Lipinski definition) is 1. The molecule has 4 rings (SSSR count). The lowest BCUT2D eigenvalue weighted by Gasteiger charge is -2.24. The molecule has 1 amide bonds. The van der Waals surface area contributed by atoms with Gasteiger partial charge in [0.1, 0.15) is 23.7 Å². The van der Waals surface area contributed by atoms with E-state index in [1.165, 1.54) is 11.0 Å². The number of halogens is 1. The Morgan fingerprint density at radius 2 is 1.79 bits per heavy atom. The van der Waals surface area contributed by atoms with Crippen molar-refractivity contribution < 1.29 is 23.8 Å². The molecule has 1 atom stereocenters. The zero-order valence-corrected chi connectivity index (χ0v) is 18.5. The molecule has 0 bridgehead atoms. The fourth-order valence-corrected chi connectivity index (χ4v) is 4.30. The number of rotatable bonds is 8. The lowest BCUT2D eigenvalue weighted by atomic mass is 9.91. The monoisotopic (exact) mass is 447 g/mol. The zero-order chi connectivity index (χ0) is 23.4. The summed E-state index contributed by atoms with van der Waals surface area (Å²) in [4.78, 5) is 25.9. The molecule has 3 aromatic carbocycles. The minimum Gasteiger partial charge on any atom is -0.487 e. The normalized spacial score (nSPS) is 16.7. The van der Waals surface area contributed by atoms with Gasteiger partial charge in [-0.2, -0.15) is 0 Å². The molecule has 0 aromatic heterocycles. The molecule has 170 valence electrons. The van der Waals surface area contributed by atoms with Crippen molar-refractivity contribution in [3.8, 4) is 5.75 Å². The van der Waals surface area contributed by atoms with Crippen LogP contribution in [0.2, 0.25) is 0 Å². The van der Waals surface area contributed by atoms with Crippen LogP contribution in [0, 0.1) is 5.82 Å². The van der Waals surface area contributed by atoms with Crippen molar-refractivity contribution in [1.82, 2.24) is 4.90 Å². The maximum absolute atomic E-state index is 14.1. The molecule has 6 heteroatoms. The van der Waals surface area contributed by atoms with Crippen LogP contribution < -0.4 is 4.74 Å². The molecule has 33 heavy (non-hydrogen) atoms. The van der Waals surface area contributed by atoms with Crippen LogP contribution in [0.4, 0.5) is 4.39 Å². The molecule has 5 nitrogen and oxygen atoms in total. The van der Waals surface area contributed by atoms with Crippen molar-refractivity contribution in [2.75, 3.05) is 13.1 Å². The van der Waals surface area contributed by atoms with E-state index in [1.54, 1.807) is 36.4 Å². The number of benzene rings is 3. The number of amides is 1. The third-order valence-electron chi connectivity index (χ3n) is 5.88. The van der Waals surface area contributed by atoms with Crippen molar-refractivity contribution in [2.24, 2.45) is 0 Å². The number of ether oxygens (including phenoxy) is 1. The smallest absolute Gasteiger partial charge is 0.323 e. The number of nitrogens with zero attached hydrogens (tertiary/aromatic N) is 1. The molecule has 0 saturated heterocycles. The molecule has 1 unspecified atom stereocenters. The van der Waals surface area contributed by atoms with Crippen molar-refractivity contribution in [3.63, 3.8) is 0 Å². The molecule has 3 aromatic rings. The minimum absolute atomic E-state index is 0.267. The highest BCUT2D eigenvalue weighted by Crippen LogP contribution is 2.38. The van der Waals surface area contributed by atoms with Crippen LogP contribution in [0.3, 0.4) is 0 Å². The average molecular weight is 448 g/mol. The number of carboxylic acids is 1. The zero-order valence-electron chi connectivity index (χ0n) is 18.5. The number of aliphatic carboxylic acids is 1. The van der Waals surface area contributed by atoms with Gasteiger partial charge >= 0.3 is 5.97 Å². The van der Waals surface area contributed by atoms with Crippen molar-refractivity contribution in [2.45, 2.75) is 31.8 Å². The first-order chi connectivity index (χ1) is 15.8. The second-order valence-electron chi connectivity index (χ2n) is 8.68. The largest absolute Gasteiger partial charge is 0.487 e. The summed E-state index contributed by atoms with van der Waals surface area (Å²) in [5.74, 6) is -0.992. The van der Waals surface area contributed by atoms with Gasteiger partial charge in [-0.3, -0.25) is 9.59 Å². The molecule has 1 heterocycles. The summed E-state index contributed by atoms with van der Waals surface area (Å²) in [5.41, 5.74) is 2.27. The molecule has 0 saturated carbocycles. The SMILES string of the molecule is CC1(Cc2ccccc2F)Cc2cc(C(=O)N(CCc3ccccc3)CC(=O)O)ccc2O1. The molecule has 0 radical (unpaired) electrons. The molecule has 0 aliphatic carbocycles. The van der Waals surface area contributed by atoms with Crippen LogP contribution in [0.25, 0.3) is 0 Å². The number of carboxylic acid groups (broad SMARTS) is 1. The van der Waals surface area contributed by atoms with Gasteiger partial charge in [0.15, 0.2) is 0 Å². The van der Waals surface area contributed by atoms with E-state index >= 15 is 0 Å². The van der Waals surface area contributed by atoms with Gasteiger partial charge in [-0.25, -0.2) is 4.39 Å². The second kappa shape index (κ2) is 9.45. The number of carbonyl (C=O) groups is 2. The second-order valence-corrected chi connectivity index (χ2v) is 8.68. The summed E-state index contributed by atoms with van der Waals surface area (Å²) in [5, 5.41) is 9.32. The van der Waals surface area contributed by atoms with Gasteiger partial charge in [-0.1, -0.05) is 48.5 Å². The maximum atomic E-state index is 14.1. The molecule has 1 aliphatic heterocycles. The lowest BCUT2D eigenvalue weighted by molar-refractivity contribution is -0.137. The summed E-state index contributed by atoms with van der Waals surface area (Å²) in [6, 6.07) is 21.4. The van der Waals surface area contributed by atoms with Crippen molar-refractivity contribution >= 4 is 11.9 Å². The first-order valence-electron chi connectivity index (χ1n) is 10.9. The number of carbonyl (C=O) groups excluding carboxylic acids is 1. The standard InChI is InChI=1S/C27H26FNO4/c1-27(16-21-9-5-6-10-23(21)28)17-22-15-20(11-12-24(22)33-27)26(32)29(18-25(30)31)14-13-19-7-3-2-4-8-19/h2-12,15H,13-14,16-18H2,1H3,(H,30,31). The highest BCUT2D eigenvalue weighted by Gasteiger charge is 2.36. The van der Waals surface area contributed by atoms with Gasteiger partial charge in [0.25, 0.3) is 5.91 Å². The summed E-state index contributed by atoms with van der Waals surface area (Å²) < 4.78 is 20.3. The topological polar surface area (TPSA) is 66.8 Å². The van der Waals surface area contributed by atoms with Crippen LogP contribution in [0.1, 0.15) is 34.0 Å². The fraction of sp³-hybridized carbons (Fsp3) is 0.259.